The molecule has 1 heterocycles. The minimum Gasteiger partial charge on any atom is -0.310 e. The Balaban J connectivity index is 1.16. The summed E-state index contributed by atoms with van der Waals surface area (Å²) in [5, 5.41) is 2.53. The third-order valence-corrected chi connectivity index (χ3v) is 11.2. The van der Waals surface area contributed by atoms with E-state index in [1.54, 1.807) is 0 Å². The summed E-state index contributed by atoms with van der Waals surface area (Å²) in [4.78, 5) is 2.45. The lowest BCUT2D eigenvalue weighted by atomic mass is 9.82. The molecule has 0 unspecified atom stereocenters. The summed E-state index contributed by atoms with van der Waals surface area (Å²) < 4.78 is 2.39. The van der Waals surface area contributed by atoms with Gasteiger partial charge in [-0.05, 0) is 93.5 Å². The molecule has 0 saturated carbocycles. The average Bonchev–Trinajstić information content (AvgIpc) is 3.68. The van der Waals surface area contributed by atoms with Crippen molar-refractivity contribution >= 4 is 38.9 Å². The zero-order chi connectivity index (χ0) is 35.5. The van der Waals surface area contributed by atoms with Gasteiger partial charge >= 0.3 is 0 Å². The van der Waals surface area contributed by atoms with E-state index in [0.29, 0.717) is 0 Å². The van der Waals surface area contributed by atoms with Crippen molar-refractivity contribution in [3.05, 3.63) is 205 Å². The predicted octanol–water partition coefficient (Wildman–Crippen LogP) is 13.9. The first-order chi connectivity index (χ1) is 26.1. The summed E-state index contributed by atoms with van der Waals surface area (Å²) in [6.07, 6.45) is 0. The standard InChI is InChI=1S/C51H38N2/c1-51(2)44-25-11-9-22-42(44)50-45(51)26-15-29-48(50)52(40-21-13-18-37(34-40)35-16-5-3-6-17-35)39-32-30-36(31-33-39)41-24-14-28-47-49(41)43-23-10-12-27-46(43)53(47)38-19-7-4-8-20-38/h3-34H,1-2H3. The number of para-hydroxylation sites is 2. The number of rotatable bonds is 6. The highest BCUT2D eigenvalue weighted by Gasteiger charge is 2.37. The Morgan fingerprint density at radius 1 is 0.434 bits per heavy atom. The van der Waals surface area contributed by atoms with Gasteiger partial charge in [-0.2, -0.15) is 0 Å². The Morgan fingerprint density at radius 2 is 1.06 bits per heavy atom. The molecule has 9 aromatic rings. The molecule has 0 spiro atoms. The van der Waals surface area contributed by atoms with Crippen LogP contribution in [0.5, 0.6) is 0 Å². The number of hydrogen-bond donors (Lipinski definition) is 0. The van der Waals surface area contributed by atoms with Crippen molar-refractivity contribution in [3.8, 4) is 39.1 Å². The van der Waals surface area contributed by atoms with E-state index in [-0.39, 0.29) is 5.41 Å². The summed E-state index contributed by atoms with van der Waals surface area (Å²) in [7, 11) is 0. The molecular formula is C51H38N2. The second kappa shape index (κ2) is 12.3. The number of nitrogens with zero attached hydrogens (tertiary/aromatic N) is 2. The van der Waals surface area contributed by atoms with Crippen LogP contribution in [0.15, 0.2) is 194 Å². The van der Waals surface area contributed by atoms with Crippen LogP contribution < -0.4 is 4.90 Å². The SMILES string of the molecule is CC1(C)c2ccccc2-c2c(N(c3ccc(-c4cccc5c4c4ccccc4n5-c4ccccc4)cc3)c3cccc(-c4ccccc4)c3)cccc21. The highest BCUT2D eigenvalue weighted by molar-refractivity contribution is 6.15. The number of anilines is 3. The van der Waals surface area contributed by atoms with E-state index >= 15 is 0 Å². The van der Waals surface area contributed by atoms with Gasteiger partial charge in [-0.1, -0.05) is 153 Å². The zero-order valence-corrected chi connectivity index (χ0v) is 29.9. The molecule has 0 radical (unpaired) electrons. The molecule has 10 rings (SSSR count). The summed E-state index contributed by atoms with van der Waals surface area (Å²) >= 11 is 0. The van der Waals surface area contributed by atoms with Crippen LogP contribution in [-0.2, 0) is 5.41 Å². The maximum atomic E-state index is 2.45. The molecule has 8 aromatic carbocycles. The minimum absolute atomic E-state index is 0.0963. The molecule has 53 heavy (non-hydrogen) atoms. The van der Waals surface area contributed by atoms with Crippen LogP contribution in [0.4, 0.5) is 17.1 Å². The fourth-order valence-corrected chi connectivity index (χ4v) is 8.71. The first kappa shape index (κ1) is 31.1. The topological polar surface area (TPSA) is 8.17 Å². The van der Waals surface area contributed by atoms with Gasteiger partial charge in [-0.15, -0.1) is 0 Å². The second-order valence-corrected chi connectivity index (χ2v) is 14.6. The van der Waals surface area contributed by atoms with Crippen molar-refractivity contribution in [2.45, 2.75) is 19.3 Å². The lowest BCUT2D eigenvalue weighted by Crippen LogP contribution is -2.16. The van der Waals surface area contributed by atoms with Gasteiger partial charge in [0.2, 0.25) is 0 Å². The quantitative estimate of drug-likeness (QED) is 0.170. The molecule has 0 atom stereocenters. The Labute approximate surface area is 310 Å². The highest BCUT2D eigenvalue weighted by atomic mass is 15.1. The summed E-state index contributed by atoms with van der Waals surface area (Å²) in [6.45, 7) is 4.71. The van der Waals surface area contributed by atoms with Crippen molar-refractivity contribution in [2.24, 2.45) is 0 Å². The van der Waals surface area contributed by atoms with Crippen LogP contribution in [0.25, 0.3) is 60.9 Å². The third kappa shape index (κ3) is 4.94. The summed E-state index contributed by atoms with van der Waals surface area (Å²) in [6, 6.07) is 70.7. The van der Waals surface area contributed by atoms with Crippen LogP contribution in [0.1, 0.15) is 25.0 Å². The molecular weight excluding hydrogens is 641 g/mol. The van der Waals surface area contributed by atoms with Gasteiger partial charge in [0.1, 0.15) is 0 Å². The molecule has 2 nitrogen and oxygen atoms in total. The van der Waals surface area contributed by atoms with E-state index in [2.05, 4.69) is 217 Å². The van der Waals surface area contributed by atoms with Crippen molar-refractivity contribution in [3.63, 3.8) is 0 Å². The van der Waals surface area contributed by atoms with Crippen LogP contribution in [0, 0.1) is 0 Å². The van der Waals surface area contributed by atoms with E-state index in [1.165, 1.54) is 77.7 Å². The van der Waals surface area contributed by atoms with E-state index < -0.39 is 0 Å². The van der Waals surface area contributed by atoms with E-state index in [1.807, 2.05) is 0 Å². The summed E-state index contributed by atoms with van der Waals surface area (Å²) in [5.74, 6) is 0. The number of aromatic nitrogens is 1. The summed E-state index contributed by atoms with van der Waals surface area (Å²) in [5.41, 5.74) is 17.1. The lowest BCUT2D eigenvalue weighted by Gasteiger charge is -2.29. The Hall–Kier alpha value is -6.64. The highest BCUT2D eigenvalue weighted by Crippen LogP contribution is 2.54. The monoisotopic (exact) mass is 678 g/mol. The van der Waals surface area contributed by atoms with Gasteiger partial charge in [-0.3, -0.25) is 0 Å². The lowest BCUT2D eigenvalue weighted by molar-refractivity contribution is 0.660. The van der Waals surface area contributed by atoms with Gasteiger partial charge in [-0.25, -0.2) is 0 Å². The fraction of sp³-hybridized carbons (Fsp3) is 0.0588. The molecule has 0 saturated heterocycles. The molecule has 2 heteroatoms. The molecule has 0 N–H and O–H groups in total. The smallest absolute Gasteiger partial charge is 0.0547 e. The Kier molecular flexibility index (Phi) is 7.19. The largest absolute Gasteiger partial charge is 0.310 e. The normalized spacial score (nSPS) is 12.9. The first-order valence-electron chi connectivity index (χ1n) is 18.4. The van der Waals surface area contributed by atoms with Gasteiger partial charge in [0, 0.05) is 38.8 Å². The van der Waals surface area contributed by atoms with Gasteiger partial charge in [0.25, 0.3) is 0 Å². The van der Waals surface area contributed by atoms with Crippen molar-refractivity contribution in [2.75, 3.05) is 4.90 Å². The Bertz CT molecular complexity index is 2790. The van der Waals surface area contributed by atoms with E-state index in [4.69, 9.17) is 0 Å². The molecule has 1 aromatic heterocycles. The maximum Gasteiger partial charge on any atom is 0.0547 e. The third-order valence-electron chi connectivity index (χ3n) is 11.2. The first-order valence-corrected chi connectivity index (χ1v) is 18.4. The van der Waals surface area contributed by atoms with Crippen LogP contribution in [-0.4, -0.2) is 4.57 Å². The van der Waals surface area contributed by atoms with Crippen LogP contribution in [0.3, 0.4) is 0 Å². The van der Waals surface area contributed by atoms with E-state index in [0.717, 1.165) is 11.4 Å². The number of benzene rings is 8. The number of hydrogen-bond acceptors (Lipinski definition) is 1. The average molecular weight is 679 g/mol. The zero-order valence-electron chi connectivity index (χ0n) is 29.9. The van der Waals surface area contributed by atoms with Gasteiger partial charge in [0.05, 0.1) is 16.7 Å². The molecule has 0 amide bonds. The maximum absolute atomic E-state index is 2.45. The molecule has 1 aliphatic rings. The molecule has 1 aliphatic carbocycles. The van der Waals surface area contributed by atoms with Crippen molar-refractivity contribution < 1.29 is 0 Å². The van der Waals surface area contributed by atoms with Crippen LogP contribution in [0.2, 0.25) is 0 Å². The minimum atomic E-state index is -0.0963. The van der Waals surface area contributed by atoms with E-state index in [9.17, 15) is 0 Å². The molecule has 0 fully saturated rings. The van der Waals surface area contributed by atoms with Crippen molar-refractivity contribution in [1.29, 1.82) is 0 Å². The molecule has 252 valence electrons. The predicted molar refractivity (Wildman–Crippen MR) is 224 cm³/mol. The van der Waals surface area contributed by atoms with Crippen LogP contribution >= 0.6 is 0 Å². The second-order valence-electron chi connectivity index (χ2n) is 14.6. The van der Waals surface area contributed by atoms with Gasteiger partial charge in [0.15, 0.2) is 0 Å². The van der Waals surface area contributed by atoms with Gasteiger partial charge < -0.3 is 9.47 Å². The fourth-order valence-electron chi connectivity index (χ4n) is 8.71. The molecule has 0 aliphatic heterocycles. The Morgan fingerprint density at radius 3 is 1.89 bits per heavy atom. The number of fused-ring (bicyclic) bond motifs is 6. The van der Waals surface area contributed by atoms with Crippen molar-refractivity contribution in [1.82, 2.24) is 4.57 Å². The molecule has 0 bridgehead atoms.